The first-order chi connectivity index (χ1) is 8.08. The van der Waals surface area contributed by atoms with Crippen molar-refractivity contribution in [3.05, 3.63) is 0 Å². The van der Waals surface area contributed by atoms with Gasteiger partial charge in [0.15, 0.2) is 0 Å². The first-order valence-electron chi connectivity index (χ1n) is 6.82. The van der Waals surface area contributed by atoms with E-state index in [2.05, 4.69) is 32.2 Å². The molecule has 0 fully saturated rings. The predicted molar refractivity (Wildman–Crippen MR) is 78.3 cm³/mol. The molecule has 3 heteroatoms. The summed E-state index contributed by atoms with van der Waals surface area (Å²) in [7, 11) is 0. The molecule has 0 bridgehead atoms. The fourth-order valence-electron chi connectivity index (χ4n) is 1.51. The van der Waals surface area contributed by atoms with E-state index in [4.69, 9.17) is 0 Å². The third-order valence-electron chi connectivity index (χ3n) is 3.08. The van der Waals surface area contributed by atoms with Crippen LogP contribution >= 0.6 is 11.8 Å². The Morgan fingerprint density at radius 3 is 2.65 bits per heavy atom. The Balaban J connectivity index is 3.66. The topological polar surface area (TPSA) is 35.8 Å². The van der Waals surface area contributed by atoms with E-state index >= 15 is 0 Å². The lowest BCUT2D eigenvalue weighted by atomic mass is 9.98. The molecule has 0 saturated heterocycles. The molecule has 100 valence electrons. The fraction of sp³-hybridized carbons (Fsp3) is 0.929. The highest BCUT2D eigenvalue weighted by Gasteiger charge is 2.21. The average Bonchev–Trinajstić information content (AvgIpc) is 2.35. The highest BCUT2D eigenvalue weighted by Crippen LogP contribution is 2.17. The molecule has 0 aromatic heterocycles. The lowest BCUT2D eigenvalue weighted by Crippen LogP contribution is -2.41. The molecule has 0 aromatic rings. The Morgan fingerprint density at radius 1 is 1.41 bits per heavy atom. The molecule has 0 aromatic carbocycles. The molecular formula is C14H28N2S. The molecule has 2 atom stereocenters. The molecule has 2 unspecified atom stereocenters. The van der Waals surface area contributed by atoms with Gasteiger partial charge in [0.2, 0.25) is 0 Å². The summed E-state index contributed by atoms with van der Waals surface area (Å²) in [6.07, 6.45) is 4.43. The molecule has 0 radical (unpaired) electrons. The third-order valence-corrected chi connectivity index (χ3v) is 4.46. The van der Waals surface area contributed by atoms with E-state index in [9.17, 15) is 5.26 Å². The van der Waals surface area contributed by atoms with Crippen molar-refractivity contribution in [2.24, 2.45) is 5.92 Å². The second-order valence-corrected chi connectivity index (χ2v) is 6.21. The van der Waals surface area contributed by atoms with E-state index in [0.717, 1.165) is 31.7 Å². The van der Waals surface area contributed by atoms with E-state index in [1.807, 2.05) is 18.7 Å². The molecular weight excluding hydrogens is 228 g/mol. The van der Waals surface area contributed by atoms with Gasteiger partial charge < -0.3 is 0 Å². The summed E-state index contributed by atoms with van der Waals surface area (Å²) in [5.74, 6) is 3.25. The molecule has 0 heterocycles. The van der Waals surface area contributed by atoms with Crippen LogP contribution in [0.25, 0.3) is 0 Å². The van der Waals surface area contributed by atoms with Gasteiger partial charge in [-0.3, -0.25) is 5.32 Å². The quantitative estimate of drug-likeness (QED) is 0.603. The van der Waals surface area contributed by atoms with Gasteiger partial charge in [0.25, 0.3) is 0 Å². The van der Waals surface area contributed by atoms with Gasteiger partial charge in [-0.25, -0.2) is 0 Å². The smallest absolute Gasteiger partial charge is 0.103 e. The van der Waals surface area contributed by atoms with E-state index in [1.165, 1.54) is 17.9 Å². The molecule has 0 aliphatic heterocycles. The minimum Gasteiger partial charge on any atom is -0.300 e. The van der Waals surface area contributed by atoms with Gasteiger partial charge in [0.05, 0.1) is 6.07 Å². The van der Waals surface area contributed by atoms with E-state index < -0.39 is 0 Å². The number of nitrogens with zero attached hydrogens (tertiary/aromatic N) is 1. The highest BCUT2D eigenvalue weighted by molar-refractivity contribution is 7.99. The number of thioether (sulfide) groups is 1. The maximum atomic E-state index is 9.18. The molecule has 0 aliphatic carbocycles. The van der Waals surface area contributed by atoms with Gasteiger partial charge >= 0.3 is 0 Å². The van der Waals surface area contributed by atoms with Crippen LogP contribution in [0.4, 0.5) is 0 Å². The minimum absolute atomic E-state index is 0.326. The average molecular weight is 256 g/mol. The molecule has 0 amide bonds. The number of nitriles is 1. The van der Waals surface area contributed by atoms with Crippen LogP contribution in [-0.2, 0) is 0 Å². The van der Waals surface area contributed by atoms with Crippen LogP contribution in [-0.4, -0.2) is 23.6 Å². The normalized spacial score (nSPS) is 16.2. The Morgan fingerprint density at radius 2 is 2.12 bits per heavy atom. The lowest BCUT2D eigenvalue weighted by Gasteiger charge is -2.23. The maximum absolute atomic E-state index is 9.18. The van der Waals surface area contributed by atoms with Crippen LogP contribution in [0.2, 0.25) is 0 Å². The first kappa shape index (κ1) is 16.8. The molecule has 17 heavy (non-hydrogen) atoms. The Kier molecular flexibility index (Phi) is 9.68. The first-order valence-corrected chi connectivity index (χ1v) is 7.97. The fourth-order valence-corrected chi connectivity index (χ4v) is 2.67. The van der Waals surface area contributed by atoms with Gasteiger partial charge in [0, 0.05) is 0 Å². The lowest BCUT2D eigenvalue weighted by molar-refractivity contribution is 0.415. The monoisotopic (exact) mass is 256 g/mol. The van der Waals surface area contributed by atoms with Crippen LogP contribution in [0.15, 0.2) is 0 Å². The van der Waals surface area contributed by atoms with E-state index in [0.29, 0.717) is 0 Å². The predicted octanol–water partition coefficient (Wildman–Crippen LogP) is 3.83. The van der Waals surface area contributed by atoms with E-state index in [-0.39, 0.29) is 5.54 Å². The van der Waals surface area contributed by atoms with Crippen LogP contribution in [0, 0.1) is 17.2 Å². The van der Waals surface area contributed by atoms with Crippen molar-refractivity contribution in [2.45, 2.75) is 58.9 Å². The van der Waals surface area contributed by atoms with Crippen LogP contribution < -0.4 is 5.32 Å². The summed E-state index contributed by atoms with van der Waals surface area (Å²) >= 11 is 2.02. The number of hydrogen-bond donors (Lipinski definition) is 1. The molecule has 0 saturated carbocycles. The van der Waals surface area contributed by atoms with E-state index in [1.54, 1.807) is 0 Å². The van der Waals surface area contributed by atoms with Gasteiger partial charge in [-0.2, -0.15) is 17.0 Å². The van der Waals surface area contributed by atoms with Gasteiger partial charge in [0.1, 0.15) is 5.54 Å². The molecule has 0 spiro atoms. The van der Waals surface area contributed by atoms with Crippen molar-refractivity contribution in [2.75, 3.05) is 18.1 Å². The zero-order chi connectivity index (χ0) is 13.1. The van der Waals surface area contributed by atoms with Crippen LogP contribution in [0.3, 0.4) is 0 Å². The van der Waals surface area contributed by atoms with Crippen molar-refractivity contribution in [3.63, 3.8) is 0 Å². The maximum Gasteiger partial charge on any atom is 0.103 e. The number of nitrogens with one attached hydrogen (secondary N) is 1. The second-order valence-electron chi connectivity index (χ2n) is 5.06. The third kappa shape index (κ3) is 8.51. The zero-order valence-electron chi connectivity index (χ0n) is 11.9. The summed E-state index contributed by atoms with van der Waals surface area (Å²) in [6, 6.07) is 2.40. The largest absolute Gasteiger partial charge is 0.300 e. The van der Waals surface area contributed by atoms with Gasteiger partial charge in [-0.1, -0.05) is 27.2 Å². The van der Waals surface area contributed by atoms with Gasteiger partial charge in [-0.05, 0) is 50.2 Å². The summed E-state index contributed by atoms with van der Waals surface area (Å²) in [5.41, 5.74) is -0.326. The molecule has 2 nitrogen and oxygen atoms in total. The van der Waals surface area contributed by atoms with Crippen molar-refractivity contribution >= 4 is 11.8 Å². The number of hydrogen-bond acceptors (Lipinski definition) is 3. The summed E-state index contributed by atoms with van der Waals surface area (Å²) in [5, 5.41) is 12.5. The van der Waals surface area contributed by atoms with Crippen LogP contribution in [0.1, 0.15) is 53.4 Å². The molecule has 0 rings (SSSR count). The molecule has 0 aliphatic rings. The zero-order valence-corrected chi connectivity index (χ0v) is 12.7. The van der Waals surface area contributed by atoms with Crippen molar-refractivity contribution in [1.82, 2.24) is 5.32 Å². The van der Waals surface area contributed by atoms with Crippen LogP contribution in [0.5, 0.6) is 0 Å². The molecule has 1 N–H and O–H groups in total. The Bertz CT molecular complexity index is 225. The summed E-state index contributed by atoms with van der Waals surface area (Å²) in [6.45, 7) is 9.63. The minimum atomic E-state index is -0.326. The summed E-state index contributed by atoms with van der Waals surface area (Å²) in [4.78, 5) is 0. The SMILES string of the molecule is CCCNC(C)(C#N)CCCSCC(C)CC. The standard InChI is InChI=1S/C14H28N2S/c1-5-9-16-14(4,12-15)8-7-10-17-11-13(3)6-2/h13,16H,5-11H2,1-4H3. The van der Waals surface area contributed by atoms with Crippen molar-refractivity contribution in [3.8, 4) is 6.07 Å². The van der Waals surface area contributed by atoms with Crippen molar-refractivity contribution < 1.29 is 0 Å². The number of rotatable bonds is 10. The Hall–Kier alpha value is -0.200. The second kappa shape index (κ2) is 9.79. The van der Waals surface area contributed by atoms with Gasteiger partial charge in [-0.15, -0.1) is 0 Å². The Labute approximate surface area is 112 Å². The van der Waals surface area contributed by atoms with Crippen molar-refractivity contribution in [1.29, 1.82) is 5.26 Å². The summed E-state index contributed by atoms with van der Waals surface area (Å²) < 4.78 is 0. The highest BCUT2D eigenvalue weighted by atomic mass is 32.2.